The Morgan fingerprint density at radius 1 is 1.27 bits per heavy atom. The Hall–Kier alpha value is -0.920. The van der Waals surface area contributed by atoms with E-state index in [0.717, 1.165) is 0 Å². The van der Waals surface area contributed by atoms with Crippen molar-refractivity contribution in [2.24, 2.45) is 11.1 Å². The number of halogens is 3. The van der Waals surface area contributed by atoms with Gasteiger partial charge in [0.15, 0.2) is 0 Å². The topological polar surface area (TPSA) is 46.3 Å². The standard InChI is InChI=1S/C19H29F3N2OS/c1-12(2)24-10-14(11-24)19(21,22)16-8-6-7-15(17(16)20)13(3)9-18(4,5)26(23)25/h6-8,12-14H,9-11,23H2,1-5H3/t13-,26?/m1/s1. The Labute approximate surface area is 156 Å². The van der Waals surface area contributed by atoms with Crippen LogP contribution in [0.4, 0.5) is 13.2 Å². The molecule has 1 saturated heterocycles. The Kier molecular flexibility index (Phi) is 6.25. The van der Waals surface area contributed by atoms with E-state index in [1.807, 2.05) is 18.7 Å². The van der Waals surface area contributed by atoms with Gasteiger partial charge in [-0.2, -0.15) is 0 Å². The molecule has 1 aliphatic heterocycles. The Bertz CT molecular complexity index is 673. The molecule has 0 spiro atoms. The highest BCUT2D eigenvalue weighted by Crippen LogP contribution is 2.44. The van der Waals surface area contributed by atoms with Crippen molar-refractivity contribution >= 4 is 11.0 Å². The van der Waals surface area contributed by atoms with E-state index >= 15 is 0 Å². The highest BCUT2D eigenvalue weighted by molar-refractivity contribution is 7.84. The summed E-state index contributed by atoms with van der Waals surface area (Å²) in [4.78, 5) is 1.95. The van der Waals surface area contributed by atoms with Gasteiger partial charge in [-0.05, 0) is 45.6 Å². The summed E-state index contributed by atoms with van der Waals surface area (Å²) in [7, 11) is -1.58. The SMILES string of the molecule is CC(C)N1CC(C(F)(F)c2cccc([C@H](C)CC(C)(C)S(N)=O)c2F)C1. The molecule has 2 atom stereocenters. The maximum atomic E-state index is 15.0. The molecule has 7 heteroatoms. The summed E-state index contributed by atoms with van der Waals surface area (Å²) in [5, 5.41) is 5.49. The van der Waals surface area contributed by atoms with Gasteiger partial charge in [0, 0.05) is 19.1 Å². The van der Waals surface area contributed by atoms with Crippen LogP contribution < -0.4 is 5.14 Å². The fourth-order valence-electron chi connectivity index (χ4n) is 3.50. The molecule has 1 aliphatic rings. The Morgan fingerprint density at radius 2 is 1.85 bits per heavy atom. The second kappa shape index (κ2) is 7.60. The van der Waals surface area contributed by atoms with Gasteiger partial charge >= 0.3 is 0 Å². The van der Waals surface area contributed by atoms with Crippen molar-refractivity contribution in [3.8, 4) is 0 Å². The number of rotatable bonds is 7. The molecular formula is C19H29F3N2OS. The van der Waals surface area contributed by atoms with Gasteiger partial charge in [0.25, 0.3) is 5.92 Å². The largest absolute Gasteiger partial charge is 0.300 e. The molecule has 0 bridgehead atoms. The van der Waals surface area contributed by atoms with Gasteiger partial charge in [-0.15, -0.1) is 0 Å². The van der Waals surface area contributed by atoms with Gasteiger partial charge in [0.1, 0.15) is 5.82 Å². The second-order valence-electron chi connectivity index (χ2n) is 8.24. The van der Waals surface area contributed by atoms with Crippen LogP contribution in [0.25, 0.3) is 0 Å². The van der Waals surface area contributed by atoms with E-state index in [0.29, 0.717) is 6.42 Å². The zero-order valence-electron chi connectivity index (χ0n) is 16.1. The molecule has 1 heterocycles. The molecule has 1 unspecified atom stereocenters. The van der Waals surface area contributed by atoms with Gasteiger partial charge in [-0.3, -0.25) is 10.0 Å². The van der Waals surface area contributed by atoms with E-state index in [-0.39, 0.29) is 30.6 Å². The highest BCUT2D eigenvalue weighted by atomic mass is 32.2. The minimum atomic E-state index is -3.21. The normalized spacial score (nSPS) is 19.5. The number of alkyl halides is 2. The summed E-state index contributed by atoms with van der Waals surface area (Å²) in [6.45, 7) is 9.65. The van der Waals surface area contributed by atoms with Crippen LogP contribution >= 0.6 is 0 Å². The average molecular weight is 391 g/mol. The van der Waals surface area contributed by atoms with Crippen molar-refractivity contribution in [2.45, 2.75) is 63.7 Å². The summed E-state index contributed by atoms with van der Waals surface area (Å²) >= 11 is 0. The molecule has 3 nitrogen and oxygen atoms in total. The molecule has 2 N–H and O–H groups in total. The molecule has 1 aromatic carbocycles. The Balaban J connectivity index is 2.25. The second-order valence-corrected chi connectivity index (χ2v) is 9.94. The highest BCUT2D eigenvalue weighted by Gasteiger charge is 2.50. The van der Waals surface area contributed by atoms with E-state index in [1.165, 1.54) is 18.2 Å². The Morgan fingerprint density at radius 3 is 2.35 bits per heavy atom. The van der Waals surface area contributed by atoms with Gasteiger partial charge in [0.05, 0.1) is 27.2 Å². The first kappa shape index (κ1) is 21.4. The summed E-state index contributed by atoms with van der Waals surface area (Å²) in [6, 6.07) is 4.38. The average Bonchev–Trinajstić information content (AvgIpc) is 2.43. The molecule has 148 valence electrons. The minimum absolute atomic E-state index is 0.206. The number of nitrogens with two attached hydrogens (primary N) is 1. The number of likely N-dealkylation sites (tertiary alicyclic amines) is 1. The van der Waals surface area contributed by atoms with Crippen LogP contribution in [0, 0.1) is 11.7 Å². The third-order valence-corrected chi connectivity index (χ3v) is 6.67. The third kappa shape index (κ3) is 4.15. The zero-order chi connectivity index (χ0) is 19.9. The molecular weight excluding hydrogens is 361 g/mol. The van der Waals surface area contributed by atoms with Crippen molar-refractivity contribution in [1.29, 1.82) is 0 Å². The maximum absolute atomic E-state index is 15.0. The van der Waals surface area contributed by atoms with Crippen LogP contribution in [0.3, 0.4) is 0 Å². The van der Waals surface area contributed by atoms with E-state index in [2.05, 4.69) is 0 Å². The van der Waals surface area contributed by atoms with Crippen LogP contribution in [0.15, 0.2) is 18.2 Å². The molecule has 1 fully saturated rings. The van der Waals surface area contributed by atoms with Crippen LogP contribution in [-0.2, 0) is 16.9 Å². The molecule has 0 aromatic heterocycles. The fourth-order valence-corrected chi connectivity index (χ4v) is 3.92. The lowest BCUT2D eigenvalue weighted by molar-refractivity contribution is -0.132. The summed E-state index contributed by atoms with van der Waals surface area (Å²) in [5.41, 5.74) is -0.317. The minimum Gasteiger partial charge on any atom is -0.300 e. The summed E-state index contributed by atoms with van der Waals surface area (Å²) < 4.78 is 55.6. The molecule has 2 rings (SSSR count). The predicted octanol–water partition coefficient (Wildman–Crippen LogP) is 4.15. The smallest absolute Gasteiger partial charge is 0.281 e. The first-order chi connectivity index (χ1) is 11.9. The first-order valence-electron chi connectivity index (χ1n) is 8.95. The lowest BCUT2D eigenvalue weighted by Gasteiger charge is -2.45. The summed E-state index contributed by atoms with van der Waals surface area (Å²) in [5.74, 6) is -5.32. The number of nitrogens with zero attached hydrogens (tertiary/aromatic N) is 1. The molecule has 1 aromatic rings. The number of benzene rings is 1. The van der Waals surface area contributed by atoms with Gasteiger partial charge in [-0.25, -0.2) is 17.4 Å². The van der Waals surface area contributed by atoms with Crippen molar-refractivity contribution in [3.05, 3.63) is 35.1 Å². The van der Waals surface area contributed by atoms with E-state index in [9.17, 15) is 17.4 Å². The van der Waals surface area contributed by atoms with Gasteiger partial charge in [0.2, 0.25) is 0 Å². The van der Waals surface area contributed by atoms with Crippen molar-refractivity contribution in [3.63, 3.8) is 0 Å². The van der Waals surface area contributed by atoms with Crippen molar-refractivity contribution < 1.29 is 17.4 Å². The molecule has 0 amide bonds. The van der Waals surface area contributed by atoms with E-state index in [4.69, 9.17) is 5.14 Å². The lowest BCUT2D eigenvalue weighted by Crippen LogP contribution is -2.56. The quantitative estimate of drug-likeness (QED) is 0.760. The van der Waals surface area contributed by atoms with E-state index < -0.39 is 39.0 Å². The predicted molar refractivity (Wildman–Crippen MR) is 99.9 cm³/mol. The molecule has 0 radical (unpaired) electrons. The fraction of sp³-hybridized carbons (Fsp3) is 0.684. The molecule has 0 saturated carbocycles. The molecule has 26 heavy (non-hydrogen) atoms. The molecule has 0 aliphatic carbocycles. The number of hydrogen-bond donors (Lipinski definition) is 1. The van der Waals surface area contributed by atoms with E-state index in [1.54, 1.807) is 20.8 Å². The zero-order valence-corrected chi connectivity index (χ0v) is 16.9. The van der Waals surface area contributed by atoms with Crippen molar-refractivity contribution in [2.75, 3.05) is 13.1 Å². The monoisotopic (exact) mass is 390 g/mol. The van der Waals surface area contributed by atoms with Gasteiger partial charge in [-0.1, -0.05) is 25.1 Å². The van der Waals surface area contributed by atoms with Crippen LogP contribution in [0.5, 0.6) is 0 Å². The van der Waals surface area contributed by atoms with Crippen LogP contribution in [-0.4, -0.2) is 33.0 Å². The van der Waals surface area contributed by atoms with Crippen LogP contribution in [0.1, 0.15) is 58.1 Å². The van der Waals surface area contributed by atoms with Crippen molar-refractivity contribution in [1.82, 2.24) is 4.90 Å². The van der Waals surface area contributed by atoms with Gasteiger partial charge < -0.3 is 0 Å². The summed E-state index contributed by atoms with van der Waals surface area (Å²) in [6.07, 6.45) is 0.340. The lowest BCUT2D eigenvalue weighted by atomic mass is 9.84. The van der Waals surface area contributed by atoms with Crippen LogP contribution in [0.2, 0.25) is 0 Å². The first-order valence-corrected chi connectivity index (χ1v) is 10.2. The maximum Gasteiger partial charge on any atom is 0.281 e. The number of hydrogen-bond acceptors (Lipinski definition) is 2. The third-order valence-electron chi connectivity index (χ3n) is 5.41.